The van der Waals surface area contributed by atoms with Gasteiger partial charge in [0.05, 0.1) is 18.6 Å². The van der Waals surface area contributed by atoms with E-state index in [1.807, 2.05) is 6.33 Å². The van der Waals surface area contributed by atoms with E-state index in [-0.39, 0.29) is 5.91 Å². The Balaban J connectivity index is 1.42. The summed E-state index contributed by atoms with van der Waals surface area (Å²) in [6, 6.07) is -0.760. The predicted molar refractivity (Wildman–Crippen MR) is 110 cm³/mol. The van der Waals surface area contributed by atoms with Crippen molar-refractivity contribution in [2.24, 2.45) is 11.8 Å². The molecule has 0 saturated heterocycles. The van der Waals surface area contributed by atoms with Crippen molar-refractivity contribution in [2.45, 2.75) is 103 Å². The Morgan fingerprint density at radius 3 is 2.31 bits per heavy atom. The largest absolute Gasteiger partial charge is 0.480 e. The van der Waals surface area contributed by atoms with E-state index in [0.717, 1.165) is 43.1 Å². The third-order valence-electron chi connectivity index (χ3n) is 7.41. The molecule has 1 N–H and O–H groups in total. The number of aromatic nitrogens is 2. The Bertz CT molecular complexity index is 717. The fourth-order valence-corrected chi connectivity index (χ4v) is 5.61. The van der Waals surface area contributed by atoms with Crippen molar-refractivity contribution in [2.75, 3.05) is 0 Å². The van der Waals surface area contributed by atoms with Crippen LogP contribution in [-0.4, -0.2) is 37.5 Å². The van der Waals surface area contributed by atoms with Crippen molar-refractivity contribution in [3.8, 4) is 0 Å². The van der Waals surface area contributed by atoms with E-state index in [1.54, 1.807) is 4.90 Å². The van der Waals surface area contributed by atoms with Crippen LogP contribution in [0.4, 0.5) is 0 Å². The molecule has 2 heterocycles. The number of hydrogen-bond donors (Lipinski definition) is 1. The molecule has 1 amide bonds. The average molecular weight is 402 g/mol. The maximum atomic E-state index is 13.0. The van der Waals surface area contributed by atoms with Gasteiger partial charge in [-0.3, -0.25) is 4.79 Å². The van der Waals surface area contributed by atoms with Crippen LogP contribution in [0.25, 0.3) is 0 Å². The van der Waals surface area contributed by atoms with E-state index in [1.165, 1.54) is 51.4 Å². The number of aliphatic carboxylic acids is 1. The Hall–Kier alpha value is -1.85. The molecule has 0 bridgehead atoms. The highest BCUT2D eigenvalue weighted by atomic mass is 16.4. The highest BCUT2D eigenvalue weighted by molar-refractivity contribution is 5.84. The van der Waals surface area contributed by atoms with Crippen LogP contribution in [-0.2, 0) is 29.1 Å². The number of aryl methyl sites for hydroxylation is 1. The lowest BCUT2D eigenvalue weighted by Gasteiger charge is -2.34. The molecule has 29 heavy (non-hydrogen) atoms. The van der Waals surface area contributed by atoms with Gasteiger partial charge >= 0.3 is 5.97 Å². The van der Waals surface area contributed by atoms with Crippen molar-refractivity contribution in [3.05, 3.63) is 17.7 Å². The summed E-state index contributed by atoms with van der Waals surface area (Å²) in [5.41, 5.74) is 1.91. The SMILES string of the molecule is O=C(O)C1Cc2c(ncn2CCC2CCCCC2)CN1C(=O)CC1CCCCC1. The lowest BCUT2D eigenvalue weighted by Crippen LogP contribution is -2.49. The van der Waals surface area contributed by atoms with E-state index in [4.69, 9.17) is 0 Å². The van der Waals surface area contributed by atoms with Crippen LogP contribution < -0.4 is 0 Å². The van der Waals surface area contributed by atoms with Crippen molar-refractivity contribution in [3.63, 3.8) is 0 Å². The highest BCUT2D eigenvalue weighted by Gasteiger charge is 2.37. The summed E-state index contributed by atoms with van der Waals surface area (Å²) in [6.45, 7) is 1.25. The molecular formula is C23H35N3O3. The summed E-state index contributed by atoms with van der Waals surface area (Å²) in [4.78, 5) is 31.1. The molecule has 2 fully saturated rings. The van der Waals surface area contributed by atoms with E-state index in [9.17, 15) is 14.7 Å². The molecule has 1 unspecified atom stereocenters. The molecule has 6 nitrogen and oxygen atoms in total. The van der Waals surface area contributed by atoms with Gasteiger partial charge in [-0.1, -0.05) is 51.4 Å². The molecule has 3 aliphatic rings. The molecule has 4 rings (SSSR count). The molecule has 2 saturated carbocycles. The number of rotatable bonds is 6. The summed E-state index contributed by atoms with van der Waals surface area (Å²) < 4.78 is 2.16. The third kappa shape index (κ3) is 4.84. The first-order chi connectivity index (χ1) is 14.1. The molecule has 0 spiro atoms. The Labute approximate surface area is 173 Å². The number of fused-ring (bicyclic) bond motifs is 1. The first kappa shape index (κ1) is 20.4. The van der Waals surface area contributed by atoms with E-state index >= 15 is 0 Å². The smallest absolute Gasteiger partial charge is 0.326 e. The van der Waals surface area contributed by atoms with E-state index in [0.29, 0.717) is 25.3 Å². The molecule has 6 heteroatoms. The van der Waals surface area contributed by atoms with Crippen LogP contribution >= 0.6 is 0 Å². The highest BCUT2D eigenvalue weighted by Crippen LogP contribution is 2.31. The molecule has 0 aromatic carbocycles. The normalized spacial score (nSPS) is 23.7. The molecule has 1 atom stereocenters. The Kier molecular flexibility index (Phi) is 6.56. The Morgan fingerprint density at radius 2 is 1.66 bits per heavy atom. The van der Waals surface area contributed by atoms with Crippen LogP contribution in [0.5, 0.6) is 0 Å². The number of carbonyl (C=O) groups is 2. The van der Waals surface area contributed by atoms with Gasteiger partial charge in [0.1, 0.15) is 6.04 Å². The summed E-state index contributed by atoms with van der Waals surface area (Å²) in [7, 11) is 0. The van der Waals surface area contributed by atoms with Crippen molar-refractivity contribution < 1.29 is 14.7 Å². The minimum Gasteiger partial charge on any atom is -0.480 e. The molecule has 2 aliphatic carbocycles. The lowest BCUT2D eigenvalue weighted by atomic mass is 9.86. The van der Waals surface area contributed by atoms with Gasteiger partial charge in [0.15, 0.2) is 0 Å². The second-order valence-corrected chi connectivity index (χ2v) is 9.41. The molecule has 1 aliphatic heterocycles. The fourth-order valence-electron chi connectivity index (χ4n) is 5.61. The first-order valence-electron chi connectivity index (χ1n) is 11.7. The van der Waals surface area contributed by atoms with Crippen LogP contribution in [0.2, 0.25) is 0 Å². The molecule has 1 aromatic rings. The summed E-state index contributed by atoms with van der Waals surface area (Å²) in [6.07, 6.45) is 16.4. The number of hydrogen-bond acceptors (Lipinski definition) is 3. The van der Waals surface area contributed by atoms with Crippen molar-refractivity contribution in [1.82, 2.24) is 14.5 Å². The van der Waals surface area contributed by atoms with Crippen LogP contribution in [0, 0.1) is 11.8 Å². The summed E-state index contributed by atoms with van der Waals surface area (Å²) in [5.74, 6) is 0.300. The molecule has 160 valence electrons. The van der Waals surface area contributed by atoms with Crippen LogP contribution in [0.3, 0.4) is 0 Å². The fraction of sp³-hybridized carbons (Fsp3) is 0.783. The minimum atomic E-state index is -0.896. The number of nitrogens with zero attached hydrogens (tertiary/aromatic N) is 3. The van der Waals surface area contributed by atoms with Crippen molar-refractivity contribution >= 4 is 11.9 Å². The summed E-state index contributed by atoms with van der Waals surface area (Å²) in [5, 5.41) is 9.83. The lowest BCUT2D eigenvalue weighted by molar-refractivity contribution is -0.152. The van der Waals surface area contributed by atoms with Gasteiger partial charge in [0.25, 0.3) is 0 Å². The monoisotopic (exact) mass is 401 g/mol. The Morgan fingerprint density at radius 1 is 1.00 bits per heavy atom. The van der Waals surface area contributed by atoms with E-state index in [2.05, 4.69) is 9.55 Å². The van der Waals surface area contributed by atoms with Gasteiger partial charge in [0.2, 0.25) is 5.91 Å². The minimum absolute atomic E-state index is 0.00768. The molecular weight excluding hydrogens is 366 g/mol. The zero-order chi connectivity index (χ0) is 20.2. The number of carboxylic acid groups (broad SMARTS) is 1. The van der Waals surface area contributed by atoms with Gasteiger partial charge in [-0.25, -0.2) is 9.78 Å². The maximum Gasteiger partial charge on any atom is 0.326 e. The third-order valence-corrected chi connectivity index (χ3v) is 7.41. The number of imidazole rings is 1. The van der Waals surface area contributed by atoms with Crippen LogP contribution in [0.15, 0.2) is 6.33 Å². The van der Waals surface area contributed by atoms with E-state index < -0.39 is 12.0 Å². The maximum absolute atomic E-state index is 13.0. The molecule has 0 radical (unpaired) electrons. The van der Waals surface area contributed by atoms with Gasteiger partial charge < -0.3 is 14.6 Å². The second-order valence-electron chi connectivity index (χ2n) is 9.41. The van der Waals surface area contributed by atoms with Gasteiger partial charge in [-0.15, -0.1) is 0 Å². The second kappa shape index (κ2) is 9.31. The zero-order valence-corrected chi connectivity index (χ0v) is 17.5. The standard InChI is InChI=1S/C23H35N3O3/c27-22(13-18-9-5-2-6-10-18)26-15-19-20(14-21(26)23(28)29)25(16-24-19)12-11-17-7-3-1-4-8-17/h16-18,21H,1-15H2,(H,28,29). The topological polar surface area (TPSA) is 75.4 Å². The predicted octanol–water partition coefficient (Wildman–Crippen LogP) is 4.16. The quantitative estimate of drug-likeness (QED) is 0.776. The average Bonchev–Trinajstić information content (AvgIpc) is 3.15. The van der Waals surface area contributed by atoms with Gasteiger partial charge in [0, 0.05) is 25.1 Å². The number of amides is 1. The van der Waals surface area contributed by atoms with Gasteiger partial charge in [-0.2, -0.15) is 0 Å². The van der Waals surface area contributed by atoms with Crippen molar-refractivity contribution in [1.29, 1.82) is 0 Å². The van der Waals surface area contributed by atoms with Gasteiger partial charge in [-0.05, 0) is 31.1 Å². The summed E-state index contributed by atoms with van der Waals surface area (Å²) >= 11 is 0. The number of carbonyl (C=O) groups excluding carboxylic acids is 1. The van der Waals surface area contributed by atoms with Crippen LogP contribution in [0.1, 0.15) is 88.4 Å². The first-order valence-corrected chi connectivity index (χ1v) is 11.7. The molecule has 1 aromatic heterocycles. The zero-order valence-electron chi connectivity index (χ0n) is 17.5. The number of carboxylic acids is 1.